The second-order valence-corrected chi connectivity index (χ2v) is 8.99. The predicted molar refractivity (Wildman–Crippen MR) is 104 cm³/mol. The first kappa shape index (κ1) is 18.4. The van der Waals surface area contributed by atoms with Crippen molar-refractivity contribution in [2.45, 2.75) is 55.4 Å². The first-order valence-corrected chi connectivity index (χ1v) is 8.62. The molecule has 0 aromatic heterocycles. The minimum atomic E-state index is -0.177. The van der Waals surface area contributed by atoms with Gasteiger partial charge in [0.1, 0.15) is 0 Å². The molecule has 0 unspecified atom stereocenters. The summed E-state index contributed by atoms with van der Waals surface area (Å²) in [4.78, 5) is 13.0. The third-order valence-corrected chi connectivity index (χ3v) is 4.73. The molecule has 0 saturated heterocycles. The molecule has 24 heavy (non-hydrogen) atoms. The number of carbonyl (C=O) groups is 1. The summed E-state index contributed by atoms with van der Waals surface area (Å²) in [5.41, 5.74) is 4.91. The van der Waals surface area contributed by atoms with E-state index in [1.165, 1.54) is 11.1 Å². The monoisotopic (exact) mass is 322 g/mol. The lowest BCUT2D eigenvalue weighted by Crippen LogP contribution is -2.29. The Bertz CT molecular complexity index is 797. The van der Waals surface area contributed by atoms with E-state index in [-0.39, 0.29) is 16.6 Å². The number of Topliss-reactive ketones (excluding diaryl/α,β-unsaturated/α-hetero) is 1. The van der Waals surface area contributed by atoms with Crippen molar-refractivity contribution in [3.63, 3.8) is 0 Å². The van der Waals surface area contributed by atoms with Crippen molar-refractivity contribution in [2.75, 3.05) is 0 Å². The van der Waals surface area contributed by atoms with Crippen LogP contribution in [0.2, 0.25) is 0 Å². The number of allylic oxidation sites excluding steroid dienone is 4. The van der Waals surface area contributed by atoms with Gasteiger partial charge >= 0.3 is 0 Å². The number of hydrogen-bond donors (Lipinski definition) is 0. The molecular formula is C23H30O. The summed E-state index contributed by atoms with van der Waals surface area (Å²) in [5, 5.41) is 2.25. The molecule has 0 amide bonds. The molecule has 1 heteroatoms. The van der Waals surface area contributed by atoms with Crippen LogP contribution in [0.25, 0.3) is 12.2 Å². The van der Waals surface area contributed by atoms with E-state index < -0.39 is 0 Å². The third kappa shape index (κ3) is 3.45. The van der Waals surface area contributed by atoms with E-state index in [1.54, 1.807) is 0 Å². The largest absolute Gasteiger partial charge is 0.289 e. The van der Waals surface area contributed by atoms with Gasteiger partial charge in [-0.15, -0.1) is 0 Å². The van der Waals surface area contributed by atoms with Gasteiger partial charge in [-0.1, -0.05) is 60.3 Å². The standard InChI is InChI=1S/C23H30O/c1-14-10-17(11-15(2)16(14)3)18-12-19(22(4,5)6)21(24)20(13-18)23(7,8)9/h10-13H,3H2,1-2,4-9H3. The van der Waals surface area contributed by atoms with Crippen LogP contribution in [0.5, 0.6) is 0 Å². The Morgan fingerprint density at radius 3 is 1.50 bits per heavy atom. The van der Waals surface area contributed by atoms with Gasteiger partial charge in [0, 0.05) is 11.1 Å². The van der Waals surface area contributed by atoms with Crippen molar-refractivity contribution in [3.05, 3.63) is 57.0 Å². The van der Waals surface area contributed by atoms with Crippen molar-refractivity contribution in [1.82, 2.24) is 0 Å². The van der Waals surface area contributed by atoms with E-state index in [9.17, 15) is 4.79 Å². The lowest BCUT2D eigenvalue weighted by atomic mass is 9.71. The molecule has 1 aliphatic rings. The Balaban J connectivity index is 2.88. The van der Waals surface area contributed by atoms with Crippen molar-refractivity contribution >= 4 is 17.9 Å². The van der Waals surface area contributed by atoms with Crippen LogP contribution in [0.3, 0.4) is 0 Å². The number of carbonyl (C=O) groups excluding carboxylic acids is 1. The van der Waals surface area contributed by atoms with Gasteiger partial charge in [0.15, 0.2) is 5.78 Å². The molecule has 1 aromatic carbocycles. The lowest BCUT2D eigenvalue weighted by Gasteiger charge is -2.31. The van der Waals surface area contributed by atoms with Gasteiger partial charge in [-0.05, 0) is 64.0 Å². The zero-order chi connectivity index (χ0) is 18.4. The van der Waals surface area contributed by atoms with Crippen LogP contribution in [0.15, 0.2) is 35.4 Å². The molecule has 0 heterocycles. The summed E-state index contributed by atoms with van der Waals surface area (Å²) < 4.78 is 0. The molecule has 128 valence electrons. The van der Waals surface area contributed by atoms with Crippen molar-refractivity contribution in [3.8, 4) is 0 Å². The maximum absolute atomic E-state index is 13.0. The van der Waals surface area contributed by atoms with Crippen LogP contribution in [0.4, 0.5) is 0 Å². The fourth-order valence-electron chi connectivity index (χ4n) is 3.07. The first-order valence-electron chi connectivity index (χ1n) is 8.62. The third-order valence-electron chi connectivity index (χ3n) is 4.73. The van der Waals surface area contributed by atoms with Crippen molar-refractivity contribution < 1.29 is 4.79 Å². The Morgan fingerprint density at radius 1 is 0.792 bits per heavy atom. The minimum absolute atomic E-state index is 0.177. The zero-order valence-electron chi connectivity index (χ0n) is 16.4. The van der Waals surface area contributed by atoms with Crippen LogP contribution >= 0.6 is 0 Å². The highest BCUT2D eigenvalue weighted by atomic mass is 16.1. The van der Waals surface area contributed by atoms with Crippen LogP contribution in [0, 0.1) is 24.7 Å². The Morgan fingerprint density at radius 2 is 1.17 bits per heavy atom. The van der Waals surface area contributed by atoms with Crippen LogP contribution in [-0.2, 0) is 4.79 Å². The van der Waals surface area contributed by atoms with E-state index in [0.717, 1.165) is 27.2 Å². The molecule has 0 N–H and O–H groups in total. The zero-order valence-corrected chi connectivity index (χ0v) is 16.4. The minimum Gasteiger partial charge on any atom is -0.289 e. The van der Waals surface area contributed by atoms with E-state index >= 15 is 0 Å². The molecule has 0 saturated carbocycles. The fourth-order valence-corrected chi connectivity index (χ4v) is 3.07. The van der Waals surface area contributed by atoms with E-state index in [4.69, 9.17) is 0 Å². The predicted octanol–water partition coefficient (Wildman–Crippen LogP) is 4.39. The number of rotatable bonds is 0. The van der Waals surface area contributed by atoms with Crippen molar-refractivity contribution in [2.24, 2.45) is 10.8 Å². The fraction of sp³-hybridized carbons (Fsp3) is 0.435. The number of ketones is 1. The molecular weight excluding hydrogens is 292 g/mol. The maximum Gasteiger partial charge on any atom is 0.186 e. The highest BCUT2D eigenvalue weighted by Crippen LogP contribution is 2.38. The summed E-state index contributed by atoms with van der Waals surface area (Å²) in [7, 11) is 0. The van der Waals surface area contributed by atoms with Crippen LogP contribution < -0.4 is 10.4 Å². The van der Waals surface area contributed by atoms with Gasteiger partial charge in [0.25, 0.3) is 0 Å². The number of benzene rings is 1. The molecule has 2 rings (SSSR count). The summed E-state index contributed by atoms with van der Waals surface area (Å²) >= 11 is 0. The Labute approximate surface area is 146 Å². The second kappa shape index (κ2) is 5.88. The van der Waals surface area contributed by atoms with Crippen LogP contribution in [-0.4, -0.2) is 5.78 Å². The van der Waals surface area contributed by atoms with Gasteiger partial charge in [-0.3, -0.25) is 4.79 Å². The van der Waals surface area contributed by atoms with E-state index in [1.807, 2.05) is 0 Å². The highest BCUT2D eigenvalue weighted by molar-refractivity contribution is 6.14. The maximum atomic E-state index is 13.0. The van der Waals surface area contributed by atoms with Gasteiger partial charge < -0.3 is 0 Å². The Hall–Kier alpha value is -1.89. The SMILES string of the molecule is C=c1c(C)cc(=C2C=C(C(C)(C)C)C(=O)C(C(C)(C)C)=C2)cc1C. The average molecular weight is 322 g/mol. The summed E-state index contributed by atoms with van der Waals surface area (Å²) in [6.45, 7) is 21.0. The summed E-state index contributed by atoms with van der Waals surface area (Å²) in [6, 6.07) is 4.35. The molecule has 0 atom stereocenters. The number of hydrogen-bond acceptors (Lipinski definition) is 1. The molecule has 0 aliphatic heterocycles. The normalized spacial score (nSPS) is 16.2. The molecule has 0 bridgehead atoms. The lowest BCUT2D eigenvalue weighted by molar-refractivity contribution is -0.114. The van der Waals surface area contributed by atoms with Gasteiger partial charge in [0.05, 0.1) is 0 Å². The van der Waals surface area contributed by atoms with Gasteiger partial charge in [-0.2, -0.15) is 0 Å². The van der Waals surface area contributed by atoms with E-state index in [2.05, 4.69) is 86.3 Å². The van der Waals surface area contributed by atoms with Gasteiger partial charge in [-0.25, -0.2) is 0 Å². The number of aryl methyl sites for hydroxylation is 2. The molecule has 1 aliphatic carbocycles. The van der Waals surface area contributed by atoms with Crippen molar-refractivity contribution in [1.29, 1.82) is 0 Å². The molecule has 0 radical (unpaired) electrons. The summed E-state index contributed by atoms with van der Waals surface area (Å²) in [6.07, 6.45) is 4.16. The van der Waals surface area contributed by atoms with Crippen LogP contribution in [0.1, 0.15) is 52.7 Å². The Kier molecular flexibility index (Phi) is 4.52. The smallest absolute Gasteiger partial charge is 0.186 e. The first-order chi connectivity index (χ1) is 10.8. The molecule has 1 nitrogen and oxygen atoms in total. The second-order valence-electron chi connectivity index (χ2n) is 8.99. The molecule has 0 spiro atoms. The molecule has 0 fully saturated rings. The van der Waals surface area contributed by atoms with E-state index in [0.29, 0.717) is 0 Å². The highest BCUT2D eigenvalue weighted by Gasteiger charge is 2.34. The average Bonchev–Trinajstić information content (AvgIpc) is 2.41. The quantitative estimate of drug-likeness (QED) is 0.692. The molecule has 1 aromatic rings. The topological polar surface area (TPSA) is 17.1 Å². The van der Waals surface area contributed by atoms with Gasteiger partial charge in [0.2, 0.25) is 0 Å². The summed E-state index contributed by atoms with van der Waals surface area (Å²) in [5.74, 6) is 0.181.